The number of nitrogens with one attached hydrogen (secondary N) is 1. The van der Waals surface area contributed by atoms with E-state index in [1.165, 1.54) is 12.1 Å². The van der Waals surface area contributed by atoms with Crippen LogP contribution < -0.4 is 10.1 Å². The number of ether oxygens (including phenoxy) is 4. The number of nitrogens with zero attached hydrogens (tertiary/aromatic N) is 1. The molecule has 0 bridgehead atoms. The molecule has 166 valence electrons. The quantitative estimate of drug-likeness (QED) is 0.217. The average molecular weight is 426 g/mol. The summed E-state index contributed by atoms with van der Waals surface area (Å²) in [5.41, 5.74) is -0.906. The molecule has 0 radical (unpaired) electrons. The summed E-state index contributed by atoms with van der Waals surface area (Å²) in [4.78, 5) is 45.9. The number of esters is 1. The molecular weight excluding hydrogens is 400 g/mol. The van der Waals surface area contributed by atoms with Crippen molar-refractivity contribution in [2.45, 2.75) is 52.7 Å². The summed E-state index contributed by atoms with van der Waals surface area (Å²) in [5.74, 6) is -1.06. The van der Waals surface area contributed by atoms with E-state index in [2.05, 4.69) is 10.1 Å². The number of amides is 1. The number of hydrogen-bond donors (Lipinski definition) is 1. The zero-order valence-electron chi connectivity index (χ0n) is 17.5. The lowest BCUT2D eigenvalue weighted by atomic mass is 9.99. The van der Waals surface area contributed by atoms with Crippen molar-refractivity contribution >= 4 is 23.9 Å². The maximum atomic E-state index is 12.3. The molecule has 0 aromatic heterocycles. The largest absolute Gasteiger partial charge is 0.516 e. The Morgan fingerprint density at radius 2 is 1.73 bits per heavy atom. The molecule has 11 heteroatoms. The lowest BCUT2D eigenvalue weighted by molar-refractivity contribution is -0.384. The van der Waals surface area contributed by atoms with Crippen LogP contribution in [0.3, 0.4) is 0 Å². The first-order valence-corrected chi connectivity index (χ1v) is 9.18. The highest BCUT2D eigenvalue weighted by molar-refractivity contribution is 5.81. The summed E-state index contributed by atoms with van der Waals surface area (Å²) in [6.45, 7) is 7.90. The average Bonchev–Trinajstić information content (AvgIpc) is 2.64. The summed E-state index contributed by atoms with van der Waals surface area (Å²) < 4.78 is 19.5. The van der Waals surface area contributed by atoms with Crippen LogP contribution in [-0.2, 0) is 19.0 Å². The molecular formula is C19H26N2O9. The molecule has 1 N–H and O–H groups in total. The van der Waals surface area contributed by atoms with Gasteiger partial charge in [-0.15, -0.1) is 0 Å². The van der Waals surface area contributed by atoms with E-state index < -0.39 is 41.6 Å². The maximum absolute atomic E-state index is 12.3. The van der Waals surface area contributed by atoms with Crippen LogP contribution in [0.2, 0.25) is 0 Å². The summed E-state index contributed by atoms with van der Waals surface area (Å²) >= 11 is 0. The molecule has 0 saturated carbocycles. The maximum Gasteiger partial charge on any atom is 0.516 e. The number of benzene rings is 1. The molecule has 1 aromatic carbocycles. The van der Waals surface area contributed by atoms with Gasteiger partial charge >= 0.3 is 18.2 Å². The van der Waals surface area contributed by atoms with Crippen molar-refractivity contribution in [3.05, 3.63) is 34.4 Å². The topological polar surface area (TPSA) is 143 Å². The molecule has 11 nitrogen and oxygen atoms in total. The van der Waals surface area contributed by atoms with Crippen LogP contribution >= 0.6 is 0 Å². The molecule has 1 rings (SSSR count). The van der Waals surface area contributed by atoms with Crippen LogP contribution in [0.1, 0.15) is 41.0 Å². The van der Waals surface area contributed by atoms with Crippen LogP contribution in [0.5, 0.6) is 5.75 Å². The second-order valence-electron chi connectivity index (χ2n) is 7.34. The summed E-state index contributed by atoms with van der Waals surface area (Å²) in [5, 5.41) is 13.0. The highest BCUT2D eigenvalue weighted by Crippen LogP contribution is 2.18. The SMILES string of the molecule is CCC(C)C(NC(=O)OC(C)(C)C)C(=O)OCOC(=O)Oc1ccc([N+](=O)[O-])cc1. The first-order chi connectivity index (χ1) is 13.9. The Hall–Kier alpha value is -3.37. The van der Waals surface area contributed by atoms with Gasteiger partial charge in [0.1, 0.15) is 17.4 Å². The first kappa shape index (κ1) is 24.7. The smallest absolute Gasteiger partial charge is 0.444 e. The van der Waals surface area contributed by atoms with Gasteiger partial charge in [0.25, 0.3) is 5.69 Å². The van der Waals surface area contributed by atoms with Gasteiger partial charge in [-0.05, 0) is 38.8 Å². The molecule has 1 aromatic rings. The van der Waals surface area contributed by atoms with Crippen LogP contribution in [-0.4, -0.2) is 41.6 Å². The number of alkyl carbamates (subject to hydrolysis) is 1. The Bertz CT molecular complexity index is 756. The van der Waals surface area contributed by atoms with Crippen LogP contribution in [0.25, 0.3) is 0 Å². The molecule has 0 spiro atoms. The fraction of sp³-hybridized carbons (Fsp3) is 0.526. The zero-order valence-corrected chi connectivity index (χ0v) is 17.5. The molecule has 0 aliphatic heterocycles. The van der Waals surface area contributed by atoms with E-state index in [0.717, 1.165) is 12.1 Å². The molecule has 0 saturated heterocycles. The summed E-state index contributed by atoms with van der Waals surface area (Å²) in [7, 11) is 0. The zero-order chi connectivity index (χ0) is 22.9. The molecule has 0 heterocycles. The monoisotopic (exact) mass is 426 g/mol. The fourth-order valence-corrected chi connectivity index (χ4v) is 2.09. The van der Waals surface area contributed by atoms with Gasteiger partial charge in [0.15, 0.2) is 0 Å². The Kier molecular flexibility index (Phi) is 9.03. The number of hydrogen-bond acceptors (Lipinski definition) is 9. The van der Waals surface area contributed by atoms with Crippen molar-refractivity contribution in [1.82, 2.24) is 5.32 Å². The number of carbonyl (C=O) groups excluding carboxylic acids is 3. The molecule has 1 amide bonds. The molecule has 2 unspecified atom stereocenters. The van der Waals surface area contributed by atoms with Gasteiger partial charge in [-0.1, -0.05) is 20.3 Å². The van der Waals surface area contributed by atoms with E-state index in [0.29, 0.717) is 6.42 Å². The normalized spacial score (nSPS) is 12.8. The third kappa shape index (κ3) is 8.76. The van der Waals surface area contributed by atoms with Gasteiger partial charge < -0.3 is 24.3 Å². The minimum atomic E-state index is -1.17. The summed E-state index contributed by atoms with van der Waals surface area (Å²) in [6.07, 6.45) is -1.38. The lowest BCUT2D eigenvalue weighted by Crippen LogP contribution is -2.47. The van der Waals surface area contributed by atoms with Crippen molar-refractivity contribution in [2.24, 2.45) is 5.92 Å². The first-order valence-electron chi connectivity index (χ1n) is 9.18. The van der Waals surface area contributed by atoms with E-state index in [4.69, 9.17) is 14.2 Å². The Morgan fingerprint density at radius 3 is 2.23 bits per heavy atom. The van der Waals surface area contributed by atoms with Crippen LogP contribution in [0.4, 0.5) is 15.3 Å². The van der Waals surface area contributed by atoms with Crippen molar-refractivity contribution < 1.29 is 38.3 Å². The second kappa shape index (κ2) is 11.0. The van der Waals surface area contributed by atoms with Gasteiger partial charge in [0.05, 0.1) is 4.92 Å². The highest BCUT2D eigenvalue weighted by atomic mass is 16.8. The molecule has 0 aliphatic carbocycles. The minimum absolute atomic E-state index is 0.0148. The number of carbonyl (C=O) groups is 3. The van der Waals surface area contributed by atoms with E-state index in [1.807, 2.05) is 6.92 Å². The van der Waals surface area contributed by atoms with Gasteiger partial charge in [-0.25, -0.2) is 14.4 Å². The van der Waals surface area contributed by atoms with E-state index in [-0.39, 0.29) is 17.4 Å². The fourth-order valence-electron chi connectivity index (χ4n) is 2.09. The third-order valence-electron chi connectivity index (χ3n) is 3.77. The second-order valence-corrected chi connectivity index (χ2v) is 7.34. The Balaban J connectivity index is 2.54. The molecule has 2 atom stereocenters. The summed E-state index contributed by atoms with van der Waals surface area (Å²) in [6, 6.07) is 3.74. The van der Waals surface area contributed by atoms with Gasteiger partial charge in [0.2, 0.25) is 6.79 Å². The molecule has 0 aliphatic rings. The molecule has 0 fully saturated rings. The standard InChI is InChI=1S/C19H26N2O9/c1-6-12(2)15(20-17(23)30-19(3,4)5)16(22)27-11-28-18(24)29-14-9-7-13(8-10-14)21(25)26/h7-10,12,15H,6,11H2,1-5H3,(H,20,23). The van der Waals surface area contributed by atoms with E-state index >= 15 is 0 Å². The highest BCUT2D eigenvalue weighted by Gasteiger charge is 2.29. The van der Waals surface area contributed by atoms with Crippen LogP contribution in [0.15, 0.2) is 24.3 Å². The predicted molar refractivity (Wildman–Crippen MR) is 104 cm³/mol. The number of non-ortho nitro benzene ring substituents is 1. The number of rotatable bonds is 8. The Labute approximate surface area is 173 Å². The predicted octanol–water partition coefficient (Wildman–Crippen LogP) is 3.55. The van der Waals surface area contributed by atoms with Crippen molar-refractivity contribution in [3.8, 4) is 5.75 Å². The van der Waals surface area contributed by atoms with Gasteiger partial charge in [-0.2, -0.15) is 0 Å². The van der Waals surface area contributed by atoms with Crippen molar-refractivity contribution in [3.63, 3.8) is 0 Å². The van der Waals surface area contributed by atoms with E-state index in [1.54, 1.807) is 27.7 Å². The number of nitro groups is 1. The Morgan fingerprint density at radius 1 is 1.13 bits per heavy atom. The van der Waals surface area contributed by atoms with Crippen molar-refractivity contribution in [2.75, 3.05) is 6.79 Å². The van der Waals surface area contributed by atoms with E-state index in [9.17, 15) is 24.5 Å². The minimum Gasteiger partial charge on any atom is -0.444 e. The lowest BCUT2D eigenvalue weighted by Gasteiger charge is -2.25. The van der Waals surface area contributed by atoms with Crippen LogP contribution in [0, 0.1) is 16.0 Å². The van der Waals surface area contributed by atoms with Crippen molar-refractivity contribution in [1.29, 1.82) is 0 Å². The third-order valence-corrected chi connectivity index (χ3v) is 3.77. The van der Waals surface area contributed by atoms with Gasteiger partial charge in [0, 0.05) is 12.1 Å². The van der Waals surface area contributed by atoms with Gasteiger partial charge in [-0.3, -0.25) is 10.1 Å². The number of nitro benzene ring substituents is 1. The molecule has 30 heavy (non-hydrogen) atoms.